The smallest absolute Gasteiger partial charge is 0.147 e. The quantitative estimate of drug-likeness (QED) is 0.647. The molecule has 0 aliphatic heterocycles. The first-order valence-electron chi connectivity index (χ1n) is 8.66. The summed E-state index contributed by atoms with van der Waals surface area (Å²) in [6, 6.07) is 20.6. The van der Waals surface area contributed by atoms with Gasteiger partial charge < -0.3 is 0 Å². The van der Waals surface area contributed by atoms with E-state index in [9.17, 15) is 4.79 Å². The highest BCUT2D eigenvalue weighted by Crippen LogP contribution is 2.41. The second kappa shape index (κ2) is 7.59. The lowest BCUT2D eigenvalue weighted by atomic mass is 9.64. The van der Waals surface area contributed by atoms with Crippen molar-refractivity contribution in [2.24, 2.45) is 11.8 Å². The topological polar surface area (TPSA) is 17.1 Å². The number of hydrogen-bond acceptors (Lipinski definition) is 1. The summed E-state index contributed by atoms with van der Waals surface area (Å²) < 4.78 is 0. The Labute approximate surface area is 140 Å². The second-order valence-corrected chi connectivity index (χ2v) is 6.84. The predicted octanol–water partition coefficient (Wildman–Crippen LogP) is 5.63. The highest BCUT2D eigenvalue weighted by atomic mass is 16.1. The summed E-state index contributed by atoms with van der Waals surface area (Å²) in [7, 11) is 0. The molecular weight excluding hydrogens is 280 g/mol. The van der Waals surface area contributed by atoms with Crippen LogP contribution in [0.25, 0.3) is 0 Å². The lowest BCUT2D eigenvalue weighted by Crippen LogP contribution is -2.39. The first-order chi connectivity index (χ1) is 11.0. The van der Waals surface area contributed by atoms with Gasteiger partial charge in [0.2, 0.25) is 0 Å². The molecule has 122 valence electrons. The summed E-state index contributed by atoms with van der Waals surface area (Å²) in [5, 5.41) is 0. The Morgan fingerprint density at radius 1 is 0.870 bits per heavy atom. The van der Waals surface area contributed by atoms with Crippen LogP contribution in [-0.2, 0) is 10.2 Å². The Morgan fingerprint density at radius 3 is 1.65 bits per heavy atom. The van der Waals surface area contributed by atoms with Gasteiger partial charge in [0.25, 0.3) is 0 Å². The van der Waals surface area contributed by atoms with Gasteiger partial charge in [0, 0.05) is 6.42 Å². The van der Waals surface area contributed by atoms with Gasteiger partial charge in [-0.3, -0.25) is 4.79 Å². The molecule has 0 aliphatic carbocycles. The van der Waals surface area contributed by atoms with E-state index in [1.165, 1.54) is 0 Å². The minimum atomic E-state index is -0.541. The normalized spacial score (nSPS) is 13.1. The monoisotopic (exact) mass is 308 g/mol. The minimum absolute atomic E-state index is 0.308. The molecule has 1 atom stereocenters. The van der Waals surface area contributed by atoms with Crippen LogP contribution in [0.4, 0.5) is 0 Å². The molecule has 1 heteroatoms. The molecular formula is C22H28O. The van der Waals surface area contributed by atoms with Crippen LogP contribution in [-0.4, -0.2) is 5.78 Å². The van der Waals surface area contributed by atoms with Crippen molar-refractivity contribution in [1.29, 1.82) is 0 Å². The van der Waals surface area contributed by atoms with Crippen molar-refractivity contribution in [2.75, 3.05) is 0 Å². The van der Waals surface area contributed by atoms with E-state index in [-0.39, 0.29) is 0 Å². The predicted molar refractivity (Wildman–Crippen MR) is 97.6 cm³/mol. The second-order valence-electron chi connectivity index (χ2n) is 6.84. The van der Waals surface area contributed by atoms with E-state index in [0.29, 0.717) is 24.0 Å². The van der Waals surface area contributed by atoms with Crippen LogP contribution in [0.5, 0.6) is 0 Å². The van der Waals surface area contributed by atoms with E-state index in [0.717, 1.165) is 17.5 Å². The number of rotatable bonds is 7. The Hall–Kier alpha value is -1.89. The van der Waals surface area contributed by atoms with Crippen molar-refractivity contribution in [3.05, 3.63) is 71.8 Å². The molecule has 0 heterocycles. The van der Waals surface area contributed by atoms with Crippen LogP contribution in [0.3, 0.4) is 0 Å². The van der Waals surface area contributed by atoms with Crippen LogP contribution in [0, 0.1) is 11.8 Å². The molecule has 0 aromatic heterocycles. The SMILES string of the molecule is CCC(=O)C(CC(C)C(C)C)(c1ccccc1)c1ccccc1. The Morgan fingerprint density at radius 2 is 1.30 bits per heavy atom. The molecule has 2 rings (SSSR count). The third kappa shape index (κ3) is 3.55. The third-order valence-corrected chi connectivity index (χ3v) is 5.10. The van der Waals surface area contributed by atoms with Crippen molar-refractivity contribution in [2.45, 2.75) is 46.0 Å². The van der Waals surface area contributed by atoms with Gasteiger partial charge in [0.05, 0.1) is 5.41 Å². The number of hydrogen-bond donors (Lipinski definition) is 0. The number of Topliss-reactive ketones (excluding diaryl/α,β-unsaturated/α-hetero) is 1. The van der Waals surface area contributed by atoms with Gasteiger partial charge in [-0.25, -0.2) is 0 Å². The van der Waals surface area contributed by atoms with Crippen molar-refractivity contribution in [1.82, 2.24) is 0 Å². The van der Waals surface area contributed by atoms with Crippen LogP contribution < -0.4 is 0 Å². The highest BCUT2D eigenvalue weighted by Gasteiger charge is 2.41. The molecule has 0 radical (unpaired) electrons. The summed E-state index contributed by atoms with van der Waals surface area (Å²) in [6.07, 6.45) is 1.40. The fraction of sp³-hybridized carbons (Fsp3) is 0.409. The van der Waals surface area contributed by atoms with Gasteiger partial charge in [0.1, 0.15) is 5.78 Å². The van der Waals surface area contributed by atoms with Gasteiger partial charge in [-0.1, -0.05) is 88.4 Å². The molecule has 1 nitrogen and oxygen atoms in total. The molecule has 2 aromatic carbocycles. The molecule has 0 fully saturated rings. The zero-order valence-electron chi connectivity index (χ0n) is 14.8. The van der Waals surface area contributed by atoms with E-state index in [4.69, 9.17) is 0 Å². The average Bonchev–Trinajstić information content (AvgIpc) is 2.60. The first-order valence-corrected chi connectivity index (χ1v) is 8.66. The zero-order chi connectivity index (χ0) is 16.9. The van der Waals surface area contributed by atoms with Gasteiger partial charge in [0.15, 0.2) is 0 Å². The van der Waals surface area contributed by atoms with Crippen LogP contribution >= 0.6 is 0 Å². The molecule has 0 N–H and O–H groups in total. The van der Waals surface area contributed by atoms with Crippen molar-refractivity contribution >= 4 is 5.78 Å². The maximum Gasteiger partial charge on any atom is 0.147 e. The zero-order valence-corrected chi connectivity index (χ0v) is 14.8. The van der Waals surface area contributed by atoms with Gasteiger partial charge in [-0.2, -0.15) is 0 Å². The fourth-order valence-electron chi connectivity index (χ4n) is 3.30. The van der Waals surface area contributed by atoms with Crippen LogP contribution in [0.2, 0.25) is 0 Å². The maximum absolute atomic E-state index is 13.2. The largest absolute Gasteiger partial charge is 0.298 e. The fourth-order valence-corrected chi connectivity index (χ4v) is 3.30. The van der Waals surface area contributed by atoms with E-state index in [1.54, 1.807) is 0 Å². The lowest BCUT2D eigenvalue weighted by molar-refractivity contribution is -0.123. The molecule has 23 heavy (non-hydrogen) atoms. The van der Waals surface area contributed by atoms with Crippen molar-refractivity contribution in [3.63, 3.8) is 0 Å². The number of ketones is 1. The van der Waals surface area contributed by atoms with Gasteiger partial charge in [-0.15, -0.1) is 0 Å². The summed E-state index contributed by atoms with van der Waals surface area (Å²) in [4.78, 5) is 13.2. The summed E-state index contributed by atoms with van der Waals surface area (Å²) >= 11 is 0. The molecule has 0 aliphatic rings. The van der Waals surface area contributed by atoms with Gasteiger partial charge in [-0.05, 0) is 29.4 Å². The maximum atomic E-state index is 13.2. The van der Waals surface area contributed by atoms with Gasteiger partial charge >= 0.3 is 0 Å². The number of benzene rings is 2. The van der Waals surface area contributed by atoms with E-state index >= 15 is 0 Å². The number of carbonyl (C=O) groups is 1. The average molecular weight is 308 g/mol. The molecule has 0 saturated carbocycles. The Balaban J connectivity index is 2.66. The van der Waals surface area contributed by atoms with E-state index in [2.05, 4.69) is 45.0 Å². The highest BCUT2D eigenvalue weighted by molar-refractivity contribution is 5.93. The molecule has 0 bridgehead atoms. The Kier molecular flexibility index (Phi) is 5.76. The van der Waals surface area contributed by atoms with Crippen LogP contribution in [0.1, 0.15) is 51.7 Å². The molecule has 1 unspecified atom stereocenters. The first kappa shape index (κ1) is 17.5. The molecule has 0 saturated heterocycles. The van der Waals surface area contributed by atoms with E-state index < -0.39 is 5.41 Å². The summed E-state index contributed by atoms with van der Waals surface area (Å²) in [5.41, 5.74) is 1.69. The summed E-state index contributed by atoms with van der Waals surface area (Å²) in [5.74, 6) is 1.32. The van der Waals surface area contributed by atoms with Crippen LogP contribution in [0.15, 0.2) is 60.7 Å². The third-order valence-electron chi connectivity index (χ3n) is 5.10. The van der Waals surface area contributed by atoms with E-state index in [1.807, 2.05) is 43.3 Å². The minimum Gasteiger partial charge on any atom is -0.298 e. The van der Waals surface area contributed by atoms with Crippen molar-refractivity contribution < 1.29 is 4.79 Å². The lowest BCUT2D eigenvalue weighted by Gasteiger charge is -2.37. The standard InChI is InChI=1S/C22H28O/c1-5-21(23)22(16-18(4)17(2)3,19-12-8-6-9-13-19)20-14-10-7-11-15-20/h6-15,17-18H,5,16H2,1-4H3. The molecule has 0 spiro atoms. The summed E-state index contributed by atoms with van der Waals surface area (Å²) in [6.45, 7) is 8.71. The molecule has 2 aromatic rings. The van der Waals surface area contributed by atoms with Crippen molar-refractivity contribution in [3.8, 4) is 0 Å². The number of carbonyl (C=O) groups excluding carboxylic acids is 1. The Bertz CT molecular complexity index is 573. The molecule has 0 amide bonds.